The molecule has 0 bridgehead atoms. The molecule has 1 saturated carbocycles. The summed E-state index contributed by atoms with van der Waals surface area (Å²) in [4.78, 5) is 0. The summed E-state index contributed by atoms with van der Waals surface area (Å²) in [5, 5.41) is 0. The molecule has 0 aromatic heterocycles. The molecule has 0 unspecified atom stereocenters. The van der Waals surface area contributed by atoms with E-state index in [-0.39, 0.29) is 0 Å². The van der Waals surface area contributed by atoms with Crippen LogP contribution in [0.25, 0.3) is 0 Å². The highest BCUT2D eigenvalue weighted by atomic mass is 32.1. The van der Waals surface area contributed by atoms with Crippen molar-refractivity contribution in [2.24, 2.45) is 0 Å². The molecule has 0 atom stereocenters. The molecular formula is C9H22S. The fourth-order valence-corrected chi connectivity index (χ4v) is 0.250. The minimum atomic E-state index is 1.32. The van der Waals surface area contributed by atoms with Crippen LogP contribution >= 0.6 is 12.6 Å². The largest absolute Gasteiger partial charge is 0.183 e. The van der Waals surface area contributed by atoms with Gasteiger partial charge in [-0.05, 0) is 6.26 Å². The lowest BCUT2D eigenvalue weighted by Crippen LogP contribution is -1.85. The van der Waals surface area contributed by atoms with Gasteiger partial charge in [0, 0.05) is 0 Å². The zero-order valence-corrected chi connectivity index (χ0v) is 8.58. The molecule has 64 valence electrons. The van der Waals surface area contributed by atoms with Crippen LogP contribution < -0.4 is 0 Å². The van der Waals surface area contributed by atoms with Crippen LogP contribution in [0.15, 0.2) is 0 Å². The monoisotopic (exact) mass is 162 g/mol. The number of hydrogen-bond acceptors (Lipinski definition) is 1. The highest BCUT2D eigenvalue weighted by Crippen LogP contribution is 2.15. The third-order valence-corrected chi connectivity index (χ3v) is 1.50. The van der Waals surface area contributed by atoms with Crippen molar-refractivity contribution in [3.05, 3.63) is 0 Å². The van der Waals surface area contributed by atoms with Gasteiger partial charge in [0.15, 0.2) is 0 Å². The second-order valence-corrected chi connectivity index (χ2v) is 2.41. The van der Waals surface area contributed by atoms with Gasteiger partial charge < -0.3 is 0 Å². The van der Waals surface area contributed by atoms with Gasteiger partial charge in [-0.15, -0.1) is 0 Å². The number of thiol groups is 1. The fraction of sp³-hybridized carbons (Fsp3) is 1.00. The summed E-state index contributed by atoms with van der Waals surface area (Å²) in [6.07, 6.45) is 10.3. The van der Waals surface area contributed by atoms with E-state index < -0.39 is 0 Å². The van der Waals surface area contributed by atoms with Crippen molar-refractivity contribution in [2.45, 2.75) is 52.4 Å². The summed E-state index contributed by atoms with van der Waals surface area (Å²) < 4.78 is 0. The highest BCUT2D eigenvalue weighted by molar-refractivity contribution is 7.79. The van der Waals surface area contributed by atoms with E-state index in [1.165, 1.54) is 38.5 Å². The van der Waals surface area contributed by atoms with E-state index in [0.29, 0.717) is 0 Å². The molecule has 0 aromatic carbocycles. The number of unbranched alkanes of at least 4 members (excludes halogenated alkanes) is 1. The average Bonchev–Trinajstić information content (AvgIpc) is 1.89. The Bertz CT molecular complexity index is 25.7. The van der Waals surface area contributed by atoms with Crippen molar-refractivity contribution in [1.82, 2.24) is 0 Å². The molecule has 0 saturated heterocycles. The lowest BCUT2D eigenvalue weighted by Gasteiger charge is -2.05. The quantitative estimate of drug-likeness (QED) is 0.555. The molecule has 1 aliphatic rings. The first kappa shape index (κ1) is 13.0. The number of hydrogen-bond donors (Lipinski definition) is 1. The Balaban J connectivity index is 0. The fourth-order valence-electron chi connectivity index (χ4n) is 0.250. The molecule has 1 aliphatic carbocycles. The summed E-state index contributed by atoms with van der Waals surface area (Å²) >= 11 is 3.53. The molecule has 0 aliphatic heterocycles. The molecule has 0 nitrogen and oxygen atoms in total. The SMILES string of the molecule is C1CCC1.CCCC.CS. The number of rotatable bonds is 1. The predicted molar refractivity (Wildman–Crippen MR) is 54.0 cm³/mol. The molecule has 1 fully saturated rings. The second kappa shape index (κ2) is 16.2. The zero-order valence-electron chi connectivity index (χ0n) is 7.69. The van der Waals surface area contributed by atoms with E-state index >= 15 is 0 Å². The van der Waals surface area contributed by atoms with Gasteiger partial charge in [0.2, 0.25) is 0 Å². The van der Waals surface area contributed by atoms with Crippen LogP contribution in [0.2, 0.25) is 0 Å². The standard InChI is InChI=1S/C4H8.C4H10.CH4S/c1-2-4-3-1;1-3-4-2;1-2/h1-4H2;3-4H2,1-2H3;2H,1H3. The molecule has 1 heteroatoms. The van der Waals surface area contributed by atoms with Gasteiger partial charge >= 0.3 is 0 Å². The van der Waals surface area contributed by atoms with Crippen LogP contribution in [0.3, 0.4) is 0 Å². The molecule has 0 spiro atoms. The van der Waals surface area contributed by atoms with E-state index in [9.17, 15) is 0 Å². The van der Waals surface area contributed by atoms with Crippen molar-refractivity contribution < 1.29 is 0 Å². The van der Waals surface area contributed by atoms with Gasteiger partial charge in [-0.2, -0.15) is 12.6 Å². The smallest absolute Gasteiger partial charge is 0.0215 e. The molecule has 10 heavy (non-hydrogen) atoms. The van der Waals surface area contributed by atoms with Crippen LogP contribution in [0, 0.1) is 0 Å². The minimum absolute atomic E-state index is 1.32. The van der Waals surface area contributed by atoms with Crippen molar-refractivity contribution in [2.75, 3.05) is 6.26 Å². The van der Waals surface area contributed by atoms with Crippen molar-refractivity contribution in [3.63, 3.8) is 0 Å². The summed E-state index contributed by atoms with van der Waals surface area (Å²) in [6, 6.07) is 0. The summed E-state index contributed by atoms with van der Waals surface area (Å²) in [5.41, 5.74) is 0. The van der Waals surface area contributed by atoms with Crippen molar-refractivity contribution in [3.8, 4) is 0 Å². The minimum Gasteiger partial charge on any atom is -0.183 e. The van der Waals surface area contributed by atoms with Crippen LogP contribution in [0.4, 0.5) is 0 Å². The lowest BCUT2D eigenvalue weighted by atomic mass is 10.0. The Labute approximate surface area is 71.8 Å². The lowest BCUT2D eigenvalue weighted by molar-refractivity contribution is 0.504. The molecule has 0 radical (unpaired) electrons. The summed E-state index contributed by atoms with van der Waals surface area (Å²) in [6.45, 7) is 4.36. The summed E-state index contributed by atoms with van der Waals surface area (Å²) in [5.74, 6) is 0. The molecule has 0 amide bonds. The van der Waals surface area contributed by atoms with E-state index in [1.54, 1.807) is 6.26 Å². The predicted octanol–water partition coefficient (Wildman–Crippen LogP) is 3.91. The normalized spacial score (nSPS) is 13.2. The molecule has 0 heterocycles. The van der Waals surface area contributed by atoms with Gasteiger partial charge in [0.25, 0.3) is 0 Å². The van der Waals surface area contributed by atoms with Crippen molar-refractivity contribution in [1.29, 1.82) is 0 Å². The van der Waals surface area contributed by atoms with E-state index in [0.717, 1.165) is 0 Å². The maximum atomic E-state index is 3.53. The Morgan fingerprint density at radius 2 is 1.00 bits per heavy atom. The van der Waals surface area contributed by atoms with Crippen LogP contribution in [0.5, 0.6) is 0 Å². The first-order valence-electron chi connectivity index (χ1n) is 4.36. The third kappa shape index (κ3) is 15.8. The summed E-state index contributed by atoms with van der Waals surface area (Å²) in [7, 11) is 0. The third-order valence-electron chi connectivity index (χ3n) is 1.50. The van der Waals surface area contributed by atoms with Gasteiger partial charge in [-0.3, -0.25) is 0 Å². The van der Waals surface area contributed by atoms with E-state index in [2.05, 4.69) is 26.5 Å². The Kier molecular flexibility index (Phi) is 21.0. The average molecular weight is 162 g/mol. The topological polar surface area (TPSA) is 0 Å². The van der Waals surface area contributed by atoms with Gasteiger partial charge in [-0.1, -0.05) is 52.4 Å². The van der Waals surface area contributed by atoms with E-state index in [1.807, 2.05) is 0 Å². The van der Waals surface area contributed by atoms with Gasteiger partial charge in [0.1, 0.15) is 0 Å². The maximum Gasteiger partial charge on any atom is -0.0215 e. The Hall–Kier alpha value is 0.350. The van der Waals surface area contributed by atoms with Crippen LogP contribution in [-0.4, -0.2) is 6.26 Å². The van der Waals surface area contributed by atoms with Crippen LogP contribution in [0.1, 0.15) is 52.4 Å². The Morgan fingerprint density at radius 1 is 0.800 bits per heavy atom. The molecule has 0 N–H and O–H groups in total. The van der Waals surface area contributed by atoms with Crippen LogP contribution in [-0.2, 0) is 0 Å². The first-order chi connectivity index (χ1) is 4.91. The first-order valence-corrected chi connectivity index (χ1v) is 5.26. The van der Waals surface area contributed by atoms with Crippen molar-refractivity contribution >= 4 is 12.6 Å². The van der Waals surface area contributed by atoms with Gasteiger partial charge in [0.05, 0.1) is 0 Å². The molecule has 1 rings (SSSR count). The Morgan fingerprint density at radius 3 is 1.00 bits per heavy atom. The second-order valence-electron chi connectivity index (χ2n) is 2.41. The highest BCUT2D eigenvalue weighted by Gasteiger charge is 1.95. The molecular weight excluding hydrogens is 140 g/mol. The van der Waals surface area contributed by atoms with Gasteiger partial charge in [-0.25, -0.2) is 0 Å². The zero-order chi connectivity index (χ0) is 8.24. The van der Waals surface area contributed by atoms with E-state index in [4.69, 9.17) is 0 Å². The maximum absolute atomic E-state index is 3.53. The molecule has 0 aromatic rings.